The second-order valence-corrected chi connectivity index (χ2v) is 5.42. The molecule has 0 aliphatic rings. The van der Waals surface area contributed by atoms with Crippen molar-refractivity contribution in [2.75, 3.05) is 39.8 Å². The Balaban J connectivity index is 0.00000364. The average molecular weight is 397 g/mol. The molecule has 0 heterocycles. The lowest BCUT2D eigenvalue weighted by atomic mass is 10.1. The van der Waals surface area contributed by atoms with Crippen LogP contribution in [0.3, 0.4) is 0 Å². The Morgan fingerprint density at radius 3 is 2.07 bits per heavy atom. The molecule has 0 spiro atoms. The van der Waals surface area contributed by atoms with Gasteiger partial charge in [0.25, 0.3) is 0 Å². The Morgan fingerprint density at radius 1 is 1.00 bits per heavy atom. The molecule has 8 heteroatoms. The van der Waals surface area contributed by atoms with E-state index in [0.717, 1.165) is 5.56 Å². The Morgan fingerprint density at radius 2 is 1.59 bits per heavy atom. The molecule has 0 atom stereocenters. The molecule has 2 rings (SSSR count). The number of nitrogens with one attached hydrogen (secondary N) is 1. The molecule has 0 aliphatic carbocycles. The highest BCUT2D eigenvalue weighted by molar-refractivity contribution is 5.92. The number of hydrogen-bond acceptors (Lipinski definition) is 6. The minimum Gasteiger partial charge on any atom is -0.493 e. The minimum absolute atomic E-state index is 0. The summed E-state index contributed by atoms with van der Waals surface area (Å²) in [6.45, 7) is 0.903. The smallest absolute Gasteiger partial charge is 0.228 e. The molecule has 2 aromatic carbocycles. The number of anilines is 1. The number of hydrogen-bond donors (Lipinski definition) is 2. The van der Waals surface area contributed by atoms with Crippen molar-refractivity contribution < 1.29 is 23.7 Å². The van der Waals surface area contributed by atoms with E-state index in [9.17, 15) is 4.79 Å². The third kappa shape index (κ3) is 6.23. The quantitative estimate of drug-likeness (QED) is 0.677. The number of amides is 1. The summed E-state index contributed by atoms with van der Waals surface area (Å²) >= 11 is 0. The van der Waals surface area contributed by atoms with E-state index in [2.05, 4.69) is 5.32 Å². The fraction of sp³-hybridized carbons (Fsp3) is 0.316. The first kappa shape index (κ1) is 22.4. The predicted octanol–water partition coefficient (Wildman–Crippen LogP) is 2.65. The van der Waals surface area contributed by atoms with Gasteiger partial charge in [0.15, 0.2) is 11.5 Å². The van der Waals surface area contributed by atoms with Gasteiger partial charge in [0.1, 0.15) is 12.4 Å². The predicted molar refractivity (Wildman–Crippen MR) is 107 cm³/mol. The first-order valence-corrected chi connectivity index (χ1v) is 8.13. The summed E-state index contributed by atoms with van der Waals surface area (Å²) in [6, 6.07) is 10.6. The molecule has 0 bridgehead atoms. The molecule has 0 aliphatic heterocycles. The van der Waals surface area contributed by atoms with Gasteiger partial charge in [-0.15, -0.1) is 12.4 Å². The van der Waals surface area contributed by atoms with Gasteiger partial charge < -0.3 is 30.0 Å². The van der Waals surface area contributed by atoms with Crippen LogP contribution in [0.4, 0.5) is 5.69 Å². The van der Waals surface area contributed by atoms with Gasteiger partial charge in [0, 0.05) is 12.2 Å². The number of rotatable bonds is 9. The Hall–Kier alpha value is -2.64. The summed E-state index contributed by atoms with van der Waals surface area (Å²) in [5, 5.41) is 2.85. The van der Waals surface area contributed by atoms with Gasteiger partial charge in [-0.25, -0.2) is 0 Å². The van der Waals surface area contributed by atoms with Crippen molar-refractivity contribution in [1.82, 2.24) is 0 Å². The summed E-state index contributed by atoms with van der Waals surface area (Å²) < 4.78 is 21.3. The van der Waals surface area contributed by atoms with Crippen LogP contribution < -0.4 is 30.0 Å². The van der Waals surface area contributed by atoms with E-state index in [1.54, 1.807) is 36.4 Å². The van der Waals surface area contributed by atoms with Crippen molar-refractivity contribution in [2.45, 2.75) is 6.42 Å². The summed E-state index contributed by atoms with van der Waals surface area (Å²) in [5.41, 5.74) is 6.83. The normalized spacial score (nSPS) is 9.78. The highest BCUT2D eigenvalue weighted by atomic mass is 35.5. The lowest BCUT2D eigenvalue weighted by Crippen LogP contribution is -2.14. The number of carbonyl (C=O) groups excluding carboxylic acids is 1. The number of nitrogens with two attached hydrogens (primary N) is 1. The fourth-order valence-electron chi connectivity index (χ4n) is 2.44. The van der Waals surface area contributed by atoms with Gasteiger partial charge in [0.2, 0.25) is 11.7 Å². The molecule has 0 saturated carbocycles. The van der Waals surface area contributed by atoms with Gasteiger partial charge in [-0.2, -0.15) is 0 Å². The van der Waals surface area contributed by atoms with E-state index in [1.807, 2.05) is 0 Å². The van der Waals surface area contributed by atoms with Crippen LogP contribution in [0.2, 0.25) is 0 Å². The third-order valence-electron chi connectivity index (χ3n) is 3.61. The highest BCUT2D eigenvalue weighted by Gasteiger charge is 2.15. The summed E-state index contributed by atoms with van der Waals surface area (Å²) in [6.07, 6.45) is 0.169. The van der Waals surface area contributed by atoms with Gasteiger partial charge in [-0.3, -0.25) is 4.79 Å². The maximum absolute atomic E-state index is 12.3. The van der Waals surface area contributed by atoms with Gasteiger partial charge >= 0.3 is 0 Å². The molecule has 148 valence electrons. The molecule has 27 heavy (non-hydrogen) atoms. The molecule has 2 aromatic rings. The Bertz CT molecular complexity index is 712. The summed E-state index contributed by atoms with van der Waals surface area (Å²) in [7, 11) is 4.61. The van der Waals surface area contributed by atoms with Crippen LogP contribution in [-0.2, 0) is 11.2 Å². The standard InChI is InChI=1S/C19H24N2O5.ClH/c1-23-16-10-13(11-17(24-2)19(16)25-3)12-18(22)21-14-4-6-15(7-5-14)26-9-8-20;/h4-7,10-11H,8-9,12,20H2,1-3H3,(H,21,22);1H. The van der Waals surface area contributed by atoms with E-state index in [1.165, 1.54) is 21.3 Å². The minimum atomic E-state index is -0.158. The molecule has 7 nitrogen and oxygen atoms in total. The number of methoxy groups -OCH3 is 3. The van der Waals surface area contributed by atoms with Crippen LogP contribution in [0, 0.1) is 0 Å². The molecule has 0 radical (unpaired) electrons. The van der Waals surface area contributed by atoms with Crippen molar-refractivity contribution in [1.29, 1.82) is 0 Å². The van der Waals surface area contributed by atoms with Crippen LogP contribution in [0.5, 0.6) is 23.0 Å². The van der Waals surface area contributed by atoms with Crippen LogP contribution in [0.15, 0.2) is 36.4 Å². The SMILES string of the molecule is COc1cc(CC(=O)Nc2ccc(OCCN)cc2)cc(OC)c1OC.Cl. The van der Waals surface area contributed by atoms with Crippen molar-refractivity contribution in [3.8, 4) is 23.0 Å². The van der Waals surface area contributed by atoms with Crippen molar-refractivity contribution in [3.63, 3.8) is 0 Å². The Labute approximate surface area is 165 Å². The first-order valence-electron chi connectivity index (χ1n) is 8.13. The lowest BCUT2D eigenvalue weighted by Gasteiger charge is -2.14. The van der Waals surface area contributed by atoms with E-state index in [-0.39, 0.29) is 24.7 Å². The monoisotopic (exact) mass is 396 g/mol. The summed E-state index contributed by atoms with van der Waals surface area (Å²) in [5.74, 6) is 2.06. The number of ether oxygens (including phenoxy) is 4. The van der Waals surface area contributed by atoms with E-state index < -0.39 is 0 Å². The maximum atomic E-state index is 12.3. The average Bonchev–Trinajstić information content (AvgIpc) is 2.66. The summed E-state index contributed by atoms with van der Waals surface area (Å²) in [4.78, 5) is 12.3. The second kappa shape index (κ2) is 11.2. The lowest BCUT2D eigenvalue weighted by molar-refractivity contribution is -0.115. The van der Waals surface area contributed by atoms with E-state index >= 15 is 0 Å². The van der Waals surface area contributed by atoms with E-state index in [0.29, 0.717) is 41.8 Å². The van der Waals surface area contributed by atoms with Gasteiger partial charge in [-0.05, 0) is 42.0 Å². The zero-order valence-corrected chi connectivity index (χ0v) is 16.4. The van der Waals surface area contributed by atoms with Gasteiger partial charge in [0.05, 0.1) is 27.8 Å². The molecule has 0 aromatic heterocycles. The fourth-order valence-corrected chi connectivity index (χ4v) is 2.44. The van der Waals surface area contributed by atoms with Crippen molar-refractivity contribution in [3.05, 3.63) is 42.0 Å². The van der Waals surface area contributed by atoms with Crippen molar-refractivity contribution >= 4 is 24.0 Å². The van der Waals surface area contributed by atoms with Gasteiger partial charge in [-0.1, -0.05) is 0 Å². The topological polar surface area (TPSA) is 92.0 Å². The highest BCUT2D eigenvalue weighted by Crippen LogP contribution is 2.38. The largest absolute Gasteiger partial charge is 0.493 e. The first-order chi connectivity index (χ1) is 12.6. The maximum Gasteiger partial charge on any atom is 0.228 e. The molecule has 0 fully saturated rings. The van der Waals surface area contributed by atoms with Crippen LogP contribution in [-0.4, -0.2) is 40.4 Å². The Kier molecular flexibility index (Phi) is 9.25. The molecule has 1 amide bonds. The third-order valence-corrected chi connectivity index (χ3v) is 3.61. The molecular formula is C19H25ClN2O5. The van der Waals surface area contributed by atoms with Crippen LogP contribution in [0.25, 0.3) is 0 Å². The van der Waals surface area contributed by atoms with Crippen LogP contribution in [0.1, 0.15) is 5.56 Å². The molecule has 0 saturated heterocycles. The zero-order chi connectivity index (χ0) is 18.9. The number of halogens is 1. The van der Waals surface area contributed by atoms with E-state index in [4.69, 9.17) is 24.7 Å². The van der Waals surface area contributed by atoms with Crippen molar-refractivity contribution in [2.24, 2.45) is 5.73 Å². The molecule has 0 unspecified atom stereocenters. The zero-order valence-electron chi connectivity index (χ0n) is 15.6. The second-order valence-electron chi connectivity index (χ2n) is 5.42. The van der Waals surface area contributed by atoms with Crippen LogP contribution >= 0.6 is 12.4 Å². The number of carbonyl (C=O) groups is 1. The molecule has 3 N–H and O–H groups in total. The molecular weight excluding hydrogens is 372 g/mol. The number of benzene rings is 2.